The molecule has 68 valence electrons. The van der Waals surface area contributed by atoms with Gasteiger partial charge in [-0.1, -0.05) is 0 Å². The number of nitrogens with zero attached hydrogens (tertiary/aromatic N) is 1. The molecule has 0 saturated carbocycles. The molecule has 0 unspecified atom stereocenters. The molecule has 1 heterocycles. The highest BCUT2D eigenvalue weighted by atomic mass is 35.5. The van der Waals surface area contributed by atoms with Crippen molar-refractivity contribution >= 4 is 24.0 Å². The molecule has 0 spiro atoms. The molecule has 4 heteroatoms. The van der Waals surface area contributed by atoms with Crippen LogP contribution in [-0.2, 0) is 0 Å². The number of hydrogen-bond acceptors (Lipinski definition) is 2. The van der Waals surface area contributed by atoms with E-state index in [2.05, 4.69) is 10.2 Å². The van der Waals surface area contributed by atoms with E-state index in [1.54, 1.807) is 0 Å². The van der Waals surface area contributed by atoms with Crippen LogP contribution < -0.4 is 5.32 Å². The fourth-order valence-electron chi connectivity index (χ4n) is 1.22. The lowest BCUT2D eigenvalue weighted by molar-refractivity contribution is 0.242. The topological polar surface area (TPSA) is 15.3 Å². The van der Waals surface area contributed by atoms with Gasteiger partial charge in [-0.15, -0.1) is 24.0 Å². The van der Waals surface area contributed by atoms with Gasteiger partial charge in [-0.25, -0.2) is 0 Å². The first-order valence-corrected chi connectivity index (χ1v) is 4.46. The molecule has 0 bridgehead atoms. The second kappa shape index (κ2) is 7.17. The molecule has 0 amide bonds. The third-order valence-corrected chi connectivity index (χ3v) is 2.08. The average molecular weight is 199 g/mol. The number of piperazine rings is 1. The second-order valence-electron chi connectivity index (χ2n) is 2.63. The van der Waals surface area contributed by atoms with Gasteiger partial charge in [-0.05, 0) is 13.0 Å². The Hall–Kier alpha value is 0.500. The van der Waals surface area contributed by atoms with Crippen LogP contribution in [0.25, 0.3) is 0 Å². The number of halogens is 2. The Balaban J connectivity index is 0.000001000. The number of alkyl halides is 1. The van der Waals surface area contributed by atoms with E-state index in [0.29, 0.717) is 0 Å². The van der Waals surface area contributed by atoms with E-state index in [4.69, 9.17) is 11.6 Å². The van der Waals surface area contributed by atoms with Crippen LogP contribution in [0, 0.1) is 0 Å². The van der Waals surface area contributed by atoms with Crippen LogP contribution in [0.3, 0.4) is 0 Å². The van der Waals surface area contributed by atoms with Crippen LogP contribution in [-0.4, -0.2) is 43.5 Å². The van der Waals surface area contributed by atoms with Gasteiger partial charge >= 0.3 is 0 Å². The summed E-state index contributed by atoms with van der Waals surface area (Å²) in [7, 11) is 0. The average Bonchev–Trinajstić information content (AvgIpc) is 2.03. The first-order valence-electron chi connectivity index (χ1n) is 3.92. The smallest absolute Gasteiger partial charge is 0.0235 e. The molecule has 11 heavy (non-hydrogen) atoms. The van der Waals surface area contributed by atoms with E-state index < -0.39 is 0 Å². The molecule has 1 aliphatic rings. The summed E-state index contributed by atoms with van der Waals surface area (Å²) in [5.74, 6) is 0.796. The molecule has 1 fully saturated rings. The van der Waals surface area contributed by atoms with Crippen molar-refractivity contribution in [1.29, 1.82) is 0 Å². The minimum atomic E-state index is 0. The lowest BCUT2D eigenvalue weighted by Crippen LogP contribution is -2.43. The summed E-state index contributed by atoms with van der Waals surface area (Å²) in [6, 6.07) is 0. The molecule has 1 rings (SSSR count). The normalized spacial score (nSPS) is 19.4. The van der Waals surface area contributed by atoms with Gasteiger partial charge in [0.15, 0.2) is 0 Å². The van der Waals surface area contributed by atoms with Crippen LogP contribution in [0.1, 0.15) is 6.42 Å². The minimum Gasteiger partial charge on any atom is -0.314 e. The lowest BCUT2D eigenvalue weighted by atomic mass is 10.3. The summed E-state index contributed by atoms with van der Waals surface area (Å²) in [5.41, 5.74) is 0. The molecule has 0 aromatic rings. The zero-order valence-corrected chi connectivity index (χ0v) is 8.26. The lowest BCUT2D eigenvalue weighted by Gasteiger charge is -2.26. The molecule has 1 N–H and O–H groups in total. The maximum Gasteiger partial charge on any atom is 0.0235 e. The summed E-state index contributed by atoms with van der Waals surface area (Å²) in [4.78, 5) is 2.46. The predicted molar refractivity (Wildman–Crippen MR) is 51.9 cm³/mol. The number of hydrogen-bond donors (Lipinski definition) is 1. The molecule has 0 radical (unpaired) electrons. The fraction of sp³-hybridized carbons (Fsp3) is 1.00. The Kier molecular flexibility index (Phi) is 7.49. The van der Waals surface area contributed by atoms with Crippen molar-refractivity contribution in [1.82, 2.24) is 10.2 Å². The van der Waals surface area contributed by atoms with Gasteiger partial charge in [0.05, 0.1) is 0 Å². The van der Waals surface area contributed by atoms with Crippen LogP contribution in [0.2, 0.25) is 0 Å². The molecular weight excluding hydrogens is 183 g/mol. The second-order valence-corrected chi connectivity index (χ2v) is 3.01. The summed E-state index contributed by atoms with van der Waals surface area (Å²) in [6.07, 6.45) is 1.13. The first-order chi connectivity index (χ1) is 4.93. The fourth-order valence-corrected chi connectivity index (χ4v) is 1.34. The minimum absolute atomic E-state index is 0. The molecular formula is C7H16Cl2N2. The van der Waals surface area contributed by atoms with Crippen molar-refractivity contribution in [3.63, 3.8) is 0 Å². The van der Waals surface area contributed by atoms with E-state index in [9.17, 15) is 0 Å². The van der Waals surface area contributed by atoms with E-state index >= 15 is 0 Å². The Morgan fingerprint density at radius 1 is 1.27 bits per heavy atom. The van der Waals surface area contributed by atoms with E-state index in [1.807, 2.05) is 0 Å². The third kappa shape index (κ3) is 4.86. The number of nitrogens with one attached hydrogen (secondary N) is 1. The molecule has 1 aliphatic heterocycles. The maximum atomic E-state index is 5.58. The Morgan fingerprint density at radius 2 is 1.91 bits per heavy atom. The van der Waals surface area contributed by atoms with E-state index in [1.165, 1.54) is 19.6 Å². The highest BCUT2D eigenvalue weighted by molar-refractivity contribution is 6.17. The summed E-state index contributed by atoms with van der Waals surface area (Å²) >= 11 is 5.58. The monoisotopic (exact) mass is 198 g/mol. The van der Waals surface area contributed by atoms with E-state index in [0.717, 1.165) is 25.4 Å². The van der Waals surface area contributed by atoms with Gasteiger partial charge < -0.3 is 10.2 Å². The van der Waals surface area contributed by atoms with Crippen LogP contribution in [0.5, 0.6) is 0 Å². The molecule has 0 aliphatic carbocycles. The van der Waals surface area contributed by atoms with Gasteiger partial charge in [0, 0.05) is 32.1 Å². The maximum absolute atomic E-state index is 5.58. The van der Waals surface area contributed by atoms with Gasteiger partial charge in [-0.3, -0.25) is 0 Å². The van der Waals surface area contributed by atoms with E-state index in [-0.39, 0.29) is 12.4 Å². The summed E-state index contributed by atoms with van der Waals surface area (Å²) in [6.45, 7) is 5.84. The molecule has 2 nitrogen and oxygen atoms in total. The van der Waals surface area contributed by atoms with Gasteiger partial charge in [-0.2, -0.15) is 0 Å². The highest BCUT2D eigenvalue weighted by Gasteiger charge is 2.07. The van der Waals surface area contributed by atoms with Gasteiger partial charge in [0.1, 0.15) is 0 Å². The summed E-state index contributed by atoms with van der Waals surface area (Å²) in [5, 5.41) is 3.32. The zero-order chi connectivity index (χ0) is 7.23. The van der Waals surface area contributed by atoms with Crippen LogP contribution in [0.15, 0.2) is 0 Å². The standard InChI is InChI=1S/C7H15ClN2.ClH/c8-2-1-5-10-6-3-9-4-7-10;/h9H,1-7H2;1H. The quantitative estimate of drug-likeness (QED) is 0.680. The van der Waals surface area contributed by atoms with Crippen molar-refractivity contribution in [2.45, 2.75) is 6.42 Å². The van der Waals surface area contributed by atoms with Crippen molar-refractivity contribution in [2.24, 2.45) is 0 Å². The van der Waals surface area contributed by atoms with Gasteiger partial charge in [0.25, 0.3) is 0 Å². The Bertz CT molecular complexity index is 84.5. The van der Waals surface area contributed by atoms with Crippen molar-refractivity contribution in [3.8, 4) is 0 Å². The van der Waals surface area contributed by atoms with Gasteiger partial charge in [0.2, 0.25) is 0 Å². The molecule has 0 aromatic carbocycles. The zero-order valence-electron chi connectivity index (χ0n) is 6.68. The molecule has 0 aromatic heterocycles. The predicted octanol–water partition coefficient (Wildman–Crippen LogP) is 0.942. The number of rotatable bonds is 3. The first kappa shape index (κ1) is 11.5. The van der Waals surface area contributed by atoms with Crippen molar-refractivity contribution in [2.75, 3.05) is 38.6 Å². The molecule has 1 saturated heterocycles. The summed E-state index contributed by atoms with van der Waals surface area (Å²) < 4.78 is 0. The SMILES string of the molecule is Cl.ClCCCN1CCNCC1. The van der Waals surface area contributed by atoms with Crippen molar-refractivity contribution < 1.29 is 0 Å². The van der Waals surface area contributed by atoms with Crippen LogP contribution >= 0.6 is 24.0 Å². The van der Waals surface area contributed by atoms with Crippen LogP contribution in [0.4, 0.5) is 0 Å². The Morgan fingerprint density at radius 3 is 2.45 bits per heavy atom. The largest absolute Gasteiger partial charge is 0.314 e. The third-order valence-electron chi connectivity index (χ3n) is 1.82. The molecule has 0 atom stereocenters. The Labute approximate surface area is 79.7 Å². The van der Waals surface area contributed by atoms with Crippen molar-refractivity contribution in [3.05, 3.63) is 0 Å². The highest BCUT2D eigenvalue weighted by Crippen LogP contribution is 1.94.